The van der Waals surface area contributed by atoms with E-state index in [4.69, 9.17) is 0 Å². The normalized spacial score (nSPS) is 16.1. The molecule has 0 N–H and O–H groups in total. The molecule has 0 atom stereocenters. The molecular formula is C16H21FN4S. The van der Waals surface area contributed by atoms with Crippen molar-refractivity contribution in [1.82, 2.24) is 19.7 Å². The number of halogens is 1. The van der Waals surface area contributed by atoms with E-state index in [2.05, 4.69) is 15.1 Å². The van der Waals surface area contributed by atoms with Crippen LogP contribution in [0.4, 0.5) is 4.39 Å². The predicted octanol–water partition coefficient (Wildman–Crippen LogP) is 3.20. The van der Waals surface area contributed by atoms with Crippen LogP contribution in [0, 0.1) is 5.82 Å². The van der Waals surface area contributed by atoms with Crippen molar-refractivity contribution in [2.45, 2.75) is 24.4 Å². The van der Waals surface area contributed by atoms with Gasteiger partial charge in [-0.3, -0.25) is 0 Å². The first-order valence-corrected chi connectivity index (χ1v) is 8.74. The van der Waals surface area contributed by atoms with Crippen molar-refractivity contribution in [3.63, 3.8) is 0 Å². The van der Waals surface area contributed by atoms with Gasteiger partial charge in [-0.1, -0.05) is 30.3 Å². The molecule has 0 spiro atoms. The van der Waals surface area contributed by atoms with E-state index in [1.54, 1.807) is 23.9 Å². The van der Waals surface area contributed by atoms with Crippen LogP contribution in [0.15, 0.2) is 29.4 Å². The Kier molecular flexibility index (Phi) is 5.10. The maximum atomic E-state index is 13.9. The molecule has 0 amide bonds. The van der Waals surface area contributed by atoms with Crippen LogP contribution < -0.4 is 0 Å². The van der Waals surface area contributed by atoms with Gasteiger partial charge in [0, 0.05) is 19.3 Å². The van der Waals surface area contributed by atoms with Crippen molar-refractivity contribution in [2.75, 3.05) is 25.4 Å². The van der Waals surface area contributed by atoms with Gasteiger partial charge in [-0.2, -0.15) is 0 Å². The summed E-state index contributed by atoms with van der Waals surface area (Å²) >= 11 is 1.69. The molecule has 1 aliphatic heterocycles. The molecule has 22 heavy (non-hydrogen) atoms. The molecular weight excluding hydrogens is 299 g/mol. The molecule has 1 fully saturated rings. The van der Waals surface area contributed by atoms with Crippen molar-refractivity contribution in [3.8, 4) is 11.4 Å². The Morgan fingerprint density at radius 1 is 1.14 bits per heavy atom. The number of benzene rings is 1. The Morgan fingerprint density at radius 3 is 2.68 bits per heavy atom. The Labute approximate surface area is 134 Å². The maximum Gasteiger partial charge on any atom is 0.191 e. The third-order valence-electron chi connectivity index (χ3n) is 4.04. The lowest BCUT2D eigenvalue weighted by Crippen LogP contribution is -2.31. The summed E-state index contributed by atoms with van der Waals surface area (Å²) in [5, 5.41) is 9.20. The highest BCUT2D eigenvalue weighted by molar-refractivity contribution is 7.99. The van der Waals surface area contributed by atoms with E-state index in [1.807, 2.05) is 17.7 Å². The van der Waals surface area contributed by atoms with E-state index >= 15 is 0 Å². The van der Waals surface area contributed by atoms with Gasteiger partial charge in [-0.15, -0.1) is 10.2 Å². The number of rotatable bonds is 5. The molecule has 6 heteroatoms. The van der Waals surface area contributed by atoms with Crippen LogP contribution in [0.1, 0.15) is 19.3 Å². The first-order chi connectivity index (χ1) is 10.8. The number of likely N-dealkylation sites (tertiary alicyclic amines) is 1. The fraction of sp³-hybridized carbons (Fsp3) is 0.500. The van der Waals surface area contributed by atoms with E-state index < -0.39 is 0 Å². The fourth-order valence-corrected chi connectivity index (χ4v) is 3.68. The average Bonchev–Trinajstić information content (AvgIpc) is 2.90. The van der Waals surface area contributed by atoms with E-state index in [0.717, 1.165) is 17.5 Å². The molecule has 0 saturated carbocycles. The second-order valence-corrected chi connectivity index (χ2v) is 6.66. The van der Waals surface area contributed by atoms with Crippen LogP contribution in [0.2, 0.25) is 0 Å². The molecule has 2 heterocycles. The van der Waals surface area contributed by atoms with Crippen molar-refractivity contribution in [1.29, 1.82) is 0 Å². The lowest BCUT2D eigenvalue weighted by molar-refractivity contribution is 0.242. The topological polar surface area (TPSA) is 34.0 Å². The summed E-state index contributed by atoms with van der Waals surface area (Å²) in [6.07, 6.45) is 3.98. The summed E-state index contributed by atoms with van der Waals surface area (Å²) in [6, 6.07) is 6.69. The van der Waals surface area contributed by atoms with E-state index in [1.165, 1.54) is 38.4 Å². The Bertz CT molecular complexity index is 622. The Balaban J connectivity index is 1.62. The van der Waals surface area contributed by atoms with Crippen LogP contribution in [0.5, 0.6) is 0 Å². The van der Waals surface area contributed by atoms with Crippen LogP contribution in [0.25, 0.3) is 11.4 Å². The van der Waals surface area contributed by atoms with Gasteiger partial charge in [0.05, 0.1) is 5.56 Å². The van der Waals surface area contributed by atoms with Crippen molar-refractivity contribution in [2.24, 2.45) is 7.05 Å². The minimum atomic E-state index is -0.261. The molecule has 0 unspecified atom stereocenters. The third kappa shape index (κ3) is 3.50. The largest absolute Gasteiger partial charge is 0.305 e. The fourth-order valence-electron chi connectivity index (χ4n) is 2.77. The molecule has 0 bridgehead atoms. The van der Waals surface area contributed by atoms with Gasteiger partial charge in [0.15, 0.2) is 11.0 Å². The van der Waals surface area contributed by atoms with Gasteiger partial charge in [0.2, 0.25) is 0 Å². The van der Waals surface area contributed by atoms with Crippen LogP contribution >= 0.6 is 11.8 Å². The highest BCUT2D eigenvalue weighted by atomic mass is 32.2. The van der Waals surface area contributed by atoms with Gasteiger partial charge in [0.1, 0.15) is 5.82 Å². The van der Waals surface area contributed by atoms with Gasteiger partial charge in [-0.25, -0.2) is 4.39 Å². The Morgan fingerprint density at radius 2 is 1.91 bits per heavy atom. The minimum Gasteiger partial charge on any atom is -0.305 e. The molecule has 1 saturated heterocycles. The zero-order valence-electron chi connectivity index (χ0n) is 12.8. The van der Waals surface area contributed by atoms with Crippen LogP contribution in [0.3, 0.4) is 0 Å². The molecule has 2 aromatic rings. The molecule has 0 radical (unpaired) electrons. The van der Waals surface area contributed by atoms with Gasteiger partial charge < -0.3 is 9.47 Å². The smallest absolute Gasteiger partial charge is 0.191 e. The van der Waals surface area contributed by atoms with E-state index in [9.17, 15) is 4.39 Å². The van der Waals surface area contributed by atoms with Gasteiger partial charge >= 0.3 is 0 Å². The number of thioether (sulfide) groups is 1. The molecule has 118 valence electrons. The number of hydrogen-bond acceptors (Lipinski definition) is 4. The first kappa shape index (κ1) is 15.5. The van der Waals surface area contributed by atoms with Crippen LogP contribution in [-0.4, -0.2) is 45.1 Å². The molecule has 1 aliphatic rings. The summed E-state index contributed by atoms with van der Waals surface area (Å²) in [4.78, 5) is 2.50. The molecule has 1 aromatic heterocycles. The lowest BCUT2D eigenvalue weighted by Gasteiger charge is -2.25. The monoisotopic (exact) mass is 320 g/mol. The standard InChI is InChI=1S/C16H21FN4S/c1-20-15(13-7-3-4-8-14(13)17)18-19-16(20)22-12-11-21-9-5-2-6-10-21/h3-4,7-8H,2,5-6,9-12H2,1H3. The summed E-state index contributed by atoms with van der Waals surface area (Å²) in [5.74, 6) is 1.31. The zero-order chi connectivity index (χ0) is 15.4. The summed E-state index contributed by atoms with van der Waals surface area (Å²) in [5.41, 5.74) is 0.500. The van der Waals surface area contributed by atoms with Crippen LogP contribution in [-0.2, 0) is 7.05 Å². The average molecular weight is 320 g/mol. The summed E-state index contributed by atoms with van der Waals surface area (Å²) in [6.45, 7) is 3.49. The van der Waals surface area contributed by atoms with Crippen molar-refractivity contribution >= 4 is 11.8 Å². The number of piperidine rings is 1. The highest BCUT2D eigenvalue weighted by Crippen LogP contribution is 2.24. The molecule has 3 rings (SSSR count). The highest BCUT2D eigenvalue weighted by Gasteiger charge is 2.15. The molecule has 1 aromatic carbocycles. The number of aromatic nitrogens is 3. The van der Waals surface area contributed by atoms with Crippen molar-refractivity contribution in [3.05, 3.63) is 30.1 Å². The van der Waals surface area contributed by atoms with Crippen molar-refractivity contribution < 1.29 is 4.39 Å². The first-order valence-electron chi connectivity index (χ1n) is 7.75. The summed E-state index contributed by atoms with van der Waals surface area (Å²) < 4.78 is 15.7. The zero-order valence-corrected chi connectivity index (χ0v) is 13.7. The molecule has 0 aliphatic carbocycles. The van der Waals surface area contributed by atoms with E-state index in [0.29, 0.717) is 11.4 Å². The SMILES string of the molecule is Cn1c(SCCN2CCCCC2)nnc1-c1ccccc1F. The maximum absolute atomic E-state index is 13.9. The predicted molar refractivity (Wildman–Crippen MR) is 87.4 cm³/mol. The van der Waals surface area contributed by atoms with Gasteiger partial charge in [-0.05, 0) is 38.1 Å². The van der Waals surface area contributed by atoms with E-state index in [-0.39, 0.29) is 5.82 Å². The second-order valence-electron chi connectivity index (χ2n) is 5.60. The number of nitrogens with zero attached hydrogens (tertiary/aromatic N) is 4. The number of hydrogen-bond donors (Lipinski definition) is 0. The summed E-state index contributed by atoms with van der Waals surface area (Å²) in [7, 11) is 1.89. The lowest BCUT2D eigenvalue weighted by atomic mass is 10.1. The quantitative estimate of drug-likeness (QED) is 0.792. The Hall–Kier alpha value is -1.40. The molecule has 4 nitrogen and oxygen atoms in total. The second kappa shape index (κ2) is 7.24. The van der Waals surface area contributed by atoms with Gasteiger partial charge in [0.25, 0.3) is 0 Å². The third-order valence-corrected chi connectivity index (χ3v) is 5.04. The minimum absolute atomic E-state index is 0.261.